The van der Waals surface area contributed by atoms with Gasteiger partial charge < -0.3 is 14.3 Å². The molecule has 7 heteroatoms. The summed E-state index contributed by atoms with van der Waals surface area (Å²) in [6.07, 6.45) is 5.83. The topological polar surface area (TPSA) is 68.8 Å². The van der Waals surface area contributed by atoms with Crippen molar-refractivity contribution in [2.24, 2.45) is 0 Å². The van der Waals surface area contributed by atoms with Gasteiger partial charge in [-0.15, -0.1) is 16.8 Å². The Kier molecular flexibility index (Phi) is 4.94. The molecule has 0 aliphatic carbocycles. The van der Waals surface area contributed by atoms with E-state index in [1.54, 1.807) is 18.0 Å². The number of allylic oxidation sites excluding steroid dienone is 1. The molecule has 2 aromatic rings. The van der Waals surface area contributed by atoms with Crippen LogP contribution in [0.1, 0.15) is 36.2 Å². The monoisotopic (exact) mass is 319 g/mol. The Balaban J connectivity index is 1.75. The Morgan fingerprint density at radius 2 is 2.27 bits per heavy atom. The van der Waals surface area contributed by atoms with Crippen LogP contribution in [0.2, 0.25) is 0 Å². The number of hydrogen-bond donors (Lipinski definition) is 1. The smallest absolute Gasteiger partial charge is 0.191 e. The average Bonchev–Trinajstić information content (AvgIpc) is 3.13. The van der Waals surface area contributed by atoms with Gasteiger partial charge in [-0.1, -0.05) is 17.8 Å². The number of rotatable bonds is 6. The van der Waals surface area contributed by atoms with Gasteiger partial charge in [-0.05, 0) is 25.9 Å². The molecule has 0 unspecified atom stereocenters. The first-order valence-corrected chi connectivity index (χ1v) is 8.55. The second kappa shape index (κ2) is 7.11. The van der Waals surface area contributed by atoms with E-state index in [9.17, 15) is 0 Å². The van der Waals surface area contributed by atoms with E-state index in [-0.39, 0.29) is 0 Å². The van der Waals surface area contributed by atoms with Crippen molar-refractivity contribution in [3.63, 3.8) is 0 Å². The maximum absolute atomic E-state index is 5.24. The van der Waals surface area contributed by atoms with E-state index in [1.807, 2.05) is 13.0 Å². The molecule has 1 fully saturated rings. The highest BCUT2D eigenvalue weighted by atomic mass is 32.2. The summed E-state index contributed by atoms with van der Waals surface area (Å²) in [4.78, 5) is 4.32. The van der Waals surface area contributed by atoms with Crippen LogP contribution in [0.4, 0.5) is 0 Å². The molecule has 1 aliphatic heterocycles. The van der Waals surface area contributed by atoms with Crippen molar-refractivity contribution in [1.82, 2.24) is 25.1 Å². The molecule has 3 rings (SSSR count). The van der Waals surface area contributed by atoms with Crippen LogP contribution in [0.3, 0.4) is 0 Å². The lowest BCUT2D eigenvalue weighted by Gasteiger charge is -2.22. The van der Waals surface area contributed by atoms with Crippen molar-refractivity contribution in [3.05, 3.63) is 36.3 Å². The fourth-order valence-electron chi connectivity index (χ4n) is 2.70. The minimum atomic E-state index is 0.484. The number of nitrogens with one attached hydrogen (secondary N) is 1. The number of aryl methyl sites for hydroxylation is 1. The van der Waals surface area contributed by atoms with E-state index in [4.69, 9.17) is 4.42 Å². The lowest BCUT2D eigenvalue weighted by molar-refractivity contribution is 0.431. The molecule has 3 heterocycles. The molecule has 2 aromatic heterocycles. The van der Waals surface area contributed by atoms with Crippen molar-refractivity contribution in [2.75, 3.05) is 13.1 Å². The quantitative estimate of drug-likeness (QED) is 0.652. The molecule has 118 valence electrons. The molecule has 6 nitrogen and oxygen atoms in total. The summed E-state index contributed by atoms with van der Waals surface area (Å²) < 4.78 is 7.42. The number of aromatic nitrogens is 4. The van der Waals surface area contributed by atoms with Gasteiger partial charge in [0.05, 0.1) is 5.69 Å². The molecule has 0 amide bonds. The van der Waals surface area contributed by atoms with Crippen LogP contribution in [0.15, 0.2) is 28.5 Å². The summed E-state index contributed by atoms with van der Waals surface area (Å²) in [5.41, 5.74) is 0.930. The predicted molar refractivity (Wildman–Crippen MR) is 85.9 cm³/mol. The van der Waals surface area contributed by atoms with Crippen LogP contribution in [0.25, 0.3) is 0 Å². The maximum Gasteiger partial charge on any atom is 0.191 e. The fourth-order valence-corrected chi connectivity index (χ4v) is 3.53. The SMILES string of the molecule is C=CCn1c(SCc2coc(C)n2)nnc1C1CCNCC1. The van der Waals surface area contributed by atoms with Gasteiger partial charge in [0.1, 0.15) is 12.1 Å². The van der Waals surface area contributed by atoms with E-state index >= 15 is 0 Å². The molecule has 22 heavy (non-hydrogen) atoms. The Labute approximate surface area is 134 Å². The van der Waals surface area contributed by atoms with Crippen LogP contribution in [0, 0.1) is 6.92 Å². The molecule has 0 spiro atoms. The third kappa shape index (κ3) is 3.41. The molecule has 1 aliphatic rings. The Morgan fingerprint density at radius 3 is 2.95 bits per heavy atom. The Morgan fingerprint density at radius 1 is 1.45 bits per heavy atom. The first kappa shape index (κ1) is 15.3. The van der Waals surface area contributed by atoms with Crippen molar-refractivity contribution < 1.29 is 4.42 Å². The van der Waals surface area contributed by atoms with Crippen LogP contribution >= 0.6 is 11.8 Å². The lowest BCUT2D eigenvalue weighted by atomic mass is 9.97. The second-order valence-electron chi connectivity index (χ2n) is 5.41. The summed E-state index contributed by atoms with van der Waals surface area (Å²) in [5.74, 6) is 3.00. The van der Waals surface area contributed by atoms with E-state index in [1.165, 1.54) is 0 Å². The number of oxazole rings is 1. The molecule has 0 bridgehead atoms. The van der Waals surface area contributed by atoms with Crippen LogP contribution in [0.5, 0.6) is 0 Å². The normalized spacial score (nSPS) is 16.0. The van der Waals surface area contributed by atoms with Crippen molar-refractivity contribution in [1.29, 1.82) is 0 Å². The summed E-state index contributed by atoms with van der Waals surface area (Å²) >= 11 is 1.64. The number of hydrogen-bond acceptors (Lipinski definition) is 6. The standard InChI is InChI=1S/C15H21N5OS/c1-3-8-20-14(12-4-6-16-7-5-12)18-19-15(20)22-10-13-9-21-11(2)17-13/h3,9,12,16H,1,4-8,10H2,2H3. The van der Waals surface area contributed by atoms with Gasteiger partial charge in [0.2, 0.25) is 0 Å². The summed E-state index contributed by atoms with van der Waals surface area (Å²) in [6, 6.07) is 0. The Bertz CT molecular complexity index is 630. The zero-order valence-corrected chi connectivity index (χ0v) is 13.6. The maximum atomic E-state index is 5.24. The zero-order valence-electron chi connectivity index (χ0n) is 12.8. The number of piperidine rings is 1. The third-order valence-corrected chi connectivity index (χ3v) is 4.78. The van der Waals surface area contributed by atoms with Gasteiger partial charge >= 0.3 is 0 Å². The number of nitrogens with zero attached hydrogens (tertiary/aromatic N) is 4. The van der Waals surface area contributed by atoms with Gasteiger partial charge in [-0.25, -0.2) is 4.98 Å². The van der Waals surface area contributed by atoms with Crippen LogP contribution in [-0.4, -0.2) is 32.8 Å². The highest BCUT2D eigenvalue weighted by molar-refractivity contribution is 7.98. The third-order valence-electron chi connectivity index (χ3n) is 3.78. The summed E-state index contributed by atoms with van der Waals surface area (Å²) in [6.45, 7) is 8.55. The molecule has 1 saturated heterocycles. The predicted octanol–water partition coefficient (Wildman–Crippen LogP) is 2.52. The minimum absolute atomic E-state index is 0.484. The first-order chi connectivity index (χ1) is 10.8. The van der Waals surface area contributed by atoms with E-state index in [2.05, 4.69) is 31.6 Å². The molecule has 0 aromatic carbocycles. The summed E-state index contributed by atoms with van der Waals surface area (Å²) in [5, 5.41) is 13.1. The van der Waals surface area contributed by atoms with E-state index in [0.717, 1.165) is 54.9 Å². The molecular formula is C15H21N5OS. The molecular weight excluding hydrogens is 298 g/mol. The molecule has 1 N–H and O–H groups in total. The minimum Gasteiger partial charge on any atom is -0.449 e. The lowest BCUT2D eigenvalue weighted by Crippen LogP contribution is -2.28. The van der Waals surface area contributed by atoms with Crippen molar-refractivity contribution >= 4 is 11.8 Å². The van der Waals surface area contributed by atoms with Gasteiger partial charge in [0.15, 0.2) is 11.0 Å². The zero-order chi connectivity index (χ0) is 15.4. The van der Waals surface area contributed by atoms with Crippen molar-refractivity contribution in [2.45, 2.75) is 43.1 Å². The summed E-state index contributed by atoms with van der Waals surface area (Å²) in [7, 11) is 0. The van der Waals surface area contributed by atoms with Crippen LogP contribution in [-0.2, 0) is 12.3 Å². The van der Waals surface area contributed by atoms with Crippen molar-refractivity contribution in [3.8, 4) is 0 Å². The van der Waals surface area contributed by atoms with E-state index in [0.29, 0.717) is 11.8 Å². The molecule has 0 saturated carbocycles. The van der Waals surface area contributed by atoms with Gasteiger partial charge in [-0.2, -0.15) is 0 Å². The fraction of sp³-hybridized carbons (Fsp3) is 0.533. The largest absolute Gasteiger partial charge is 0.449 e. The van der Waals surface area contributed by atoms with Crippen LogP contribution < -0.4 is 5.32 Å². The molecule has 0 atom stereocenters. The number of thioether (sulfide) groups is 1. The second-order valence-corrected chi connectivity index (χ2v) is 6.35. The molecule has 0 radical (unpaired) electrons. The van der Waals surface area contributed by atoms with Gasteiger partial charge in [0, 0.05) is 25.1 Å². The highest BCUT2D eigenvalue weighted by Crippen LogP contribution is 2.28. The van der Waals surface area contributed by atoms with E-state index < -0.39 is 0 Å². The average molecular weight is 319 g/mol. The van der Waals surface area contributed by atoms with Gasteiger partial charge in [-0.3, -0.25) is 0 Å². The van der Waals surface area contributed by atoms with Gasteiger partial charge in [0.25, 0.3) is 0 Å². The first-order valence-electron chi connectivity index (χ1n) is 7.56. The Hall–Kier alpha value is -1.60. The highest BCUT2D eigenvalue weighted by Gasteiger charge is 2.23.